The van der Waals surface area contributed by atoms with E-state index in [0.29, 0.717) is 0 Å². The molecular formula is C7H7BrN2. The number of hydrogen-bond donors (Lipinski definition) is 2. The lowest BCUT2D eigenvalue weighted by molar-refractivity contribution is 1.24. The summed E-state index contributed by atoms with van der Waals surface area (Å²) in [5.41, 5.74) is 1.22. The molecule has 2 N–H and O–H groups in total. The second-order valence-electron chi connectivity index (χ2n) is 2.25. The predicted molar refractivity (Wildman–Crippen MR) is 46.2 cm³/mol. The maximum atomic E-state index is 3.43. The van der Waals surface area contributed by atoms with Crippen molar-refractivity contribution >= 4 is 27.8 Å². The Morgan fingerprint density at radius 3 is 3.30 bits per heavy atom. The van der Waals surface area contributed by atoms with Crippen LogP contribution in [0.2, 0.25) is 0 Å². The highest BCUT2D eigenvalue weighted by molar-refractivity contribution is 9.11. The minimum Gasteiger partial charge on any atom is -0.367 e. The number of halogens is 1. The first-order valence-corrected chi connectivity index (χ1v) is 3.93. The maximum Gasteiger partial charge on any atom is 0.110 e. The smallest absolute Gasteiger partial charge is 0.110 e. The third-order valence-corrected chi connectivity index (χ3v) is 2.03. The third kappa shape index (κ3) is 0.865. The Hall–Kier alpha value is -0.700. The molecule has 0 saturated carbocycles. The van der Waals surface area contributed by atoms with E-state index in [-0.39, 0.29) is 0 Å². The minimum atomic E-state index is 0.882. The molecule has 1 aromatic heterocycles. The van der Waals surface area contributed by atoms with Crippen LogP contribution in [0.25, 0.3) is 6.08 Å². The largest absolute Gasteiger partial charge is 0.367 e. The molecule has 3 heteroatoms. The quantitative estimate of drug-likeness (QED) is 0.658. The number of hydrogen-bond acceptors (Lipinski definition) is 1. The summed E-state index contributed by atoms with van der Waals surface area (Å²) in [6, 6.07) is 2.04. The Morgan fingerprint density at radius 2 is 2.40 bits per heavy atom. The molecule has 2 rings (SSSR count). The van der Waals surface area contributed by atoms with E-state index in [2.05, 4.69) is 32.3 Å². The van der Waals surface area contributed by atoms with Crippen LogP contribution < -0.4 is 5.32 Å². The number of nitrogens with one attached hydrogen (secondary N) is 2. The molecule has 0 fully saturated rings. The van der Waals surface area contributed by atoms with Crippen LogP contribution in [0.4, 0.5) is 5.82 Å². The van der Waals surface area contributed by atoms with Crippen LogP contribution in [0.5, 0.6) is 0 Å². The minimum absolute atomic E-state index is 0.882. The molecule has 2 heterocycles. The molecule has 0 bridgehead atoms. The Bertz CT molecular complexity index is 275. The first kappa shape index (κ1) is 6.04. The highest BCUT2D eigenvalue weighted by Gasteiger charge is 2.06. The summed E-state index contributed by atoms with van der Waals surface area (Å²) < 4.78 is 1.19. The van der Waals surface area contributed by atoms with Gasteiger partial charge in [-0.1, -0.05) is 15.9 Å². The van der Waals surface area contributed by atoms with Gasteiger partial charge >= 0.3 is 0 Å². The number of aromatic amines is 1. The predicted octanol–water partition coefficient (Wildman–Crippen LogP) is 2.18. The highest BCUT2D eigenvalue weighted by Crippen LogP contribution is 2.23. The van der Waals surface area contributed by atoms with Gasteiger partial charge in [-0.15, -0.1) is 0 Å². The first-order valence-electron chi connectivity index (χ1n) is 3.13. The molecule has 1 aliphatic rings. The average molecular weight is 199 g/mol. The van der Waals surface area contributed by atoms with Crippen LogP contribution in [0.1, 0.15) is 5.56 Å². The highest BCUT2D eigenvalue weighted by atomic mass is 79.9. The molecule has 0 unspecified atom stereocenters. The maximum absolute atomic E-state index is 3.43. The SMILES string of the molecule is BrC1=Cc2cc[nH]c2NC1. The zero-order valence-corrected chi connectivity index (χ0v) is 6.90. The lowest BCUT2D eigenvalue weighted by Gasteiger charge is -2.10. The van der Waals surface area contributed by atoms with Gasteiger partial charge in [0.1, 0.15) is 5.82 Å². The lowest BCUT2D eigenvalue weighted by Crippen LogP contribution is -2.06. The van der Waals surface area contributed by atoms with E-state index in [1.54, 1.807) is 0 Å². The van der Waals surface area contributed by atoms with Crippen LogP contribution in [-0.4, -0.2) is 11.5 Å². The van der Waals surface area contributed by atoms with Gasteiger partial charge in [-0.05, 0) is 12.1 Å². The number of aromatic nitrogens is 1. The Balaban J connectivity index is 2.50. The van der Waals surface area contributed by atoms with Crippen molar-refractivity contribution in [3.05, 3.63) is 22.3 Å². The fourth-order valence-corrected chi connectivity index (χ4v) is 1.43. The molecule has 0 aliphatic carbocycles. The topological polar surface area (TPSA) is 27.8 Å². The van der Waals surface area contributed by atoms with Crippen molar-refractivity contribution < 1.29 is 0 Å². The molecule has 2 nitrogen and oxygen atoms in total. The molecule has 1 aromatic rings. The fourth-order valence-electron chi connectivity index (χ4n) is 1.05. The van der Waals surface area contributed by atoms with Gasteiger partial charge in [-0.25, -0.2) is 0 Å². The summed E-state index contributed by atoms with van der Waals surface area (Å²) in [6.07, 6.45) is 4.04. The van der Waals surface area contributed by atoms with Crippen LogP contribution in [0.3, 0.4) is 0 Å². The van der Waals surface area contributed by atoms with Gasteiger partial charge in [-0.3, -0.25) is 0 Å². The molecule has 10 heavy (non-hydrogen) atoms. The molecule has 0 amide bonds. The van der Waals surface area contributed by atoms with Crippen molar-refractivity contribution in [2.24, 2.45) is 0 Å². The van der Waals surface area contributed by atoms with E-state index < -0.39 is 0 Å². The molecule has 0 radical (unpaired) electrons. The zero-order valence-electron chi connectivity index (χ0n) is 5.32. The Kier molecular flexibility index (Phi) is 1.31. The molecule has 1 aliphatic heterocycles. The van der Waals surface area contributed by atoms with Gasteiger partial charge in [0.25, 0.3) is 0 Å². The van der Waals surface area contributed by atoms with Crippen LogP contribution in [-0.2, 0) is 0 Å². The number of H-pyrrole nitrogens is 1. The van der Waals surface area contributed by atoms with Crippen molar-refractivity contribution in [3.63, 3.8) is 0 Å². The summed E-state index contributed by atoms with van der Waals surface area (Å²) in [5.74, 6) is 1.11. The molecule has 52 valence electrons. The van der Waals surface area contributed by atoms with Gasteiger partial charge in [0, 0.05) is 22.8 Å². The van der Waals surface area contributed by atoms with E-state index in [1.165, 1.54) is 10.0 Å². The van der Waals surface area contributed by atoms with Gasteiger partial charge in [0.15, 0.2) is 0 Å². The molecule has 0 atom stereocenters. The van der Waals surface area contributed by atoms with Crippen molar-refractivity contribution in [1.82, 2.24) is 4.98 Å². The first-order chi connectivity index (χ1) is 4.86. The Labute approximate surface area is 67.5 Å². The fraction of sp³-hybridized carbons (Fsp3) is 0.143. The third-order valence-electron chi connectivity index (χ3n) is 1.53. The van der Waals surface area contributed by atoms with Gasteiger partial charge in [0.05, 0.1) is 0 Å². The molecule has 0 aromatic carbocycles. The lowest BCUT2D eigenvalue weighted by atomic mass is 10.2. The van der Waals surface area contributed by atoms with Gasteiger partial charge in [-0.2, -0.15) is 0 Å². The molecular weight excluding hydrogens is 192 g/mol. The summed E-state index contributed by atoms with van der Waals surface area (Å²) in [7, 11) is 0. The van der Waals surface area contributed by atoms with E-state index in [4.69, 9.17) is 0 Å². The van der Waals surface area contributed by atoms with Crippen molar-refractivity contribution in [3.8, 4) is 0 Å². The number of fused-ring (bicyclic) bond motifs is 1. The second kappa shape index (κ2) is 2.16. The van der Waals surface area contributed by atoms with Crippen molar-refractivity contribution in [1.29, 1.82) is 0 Å². The standard InChI is InChI=1S/C7H7BrN2/c8-6-3-5-1-2-9-7(5)10-4-6/h1-3,9-10H,4H2. The second-order valence-corrected chi connectivity index (χ2v) is 3.27. The summed E-state index contributed by atoms with van der Waals surface area (Å²) >= 11 is 3.43. The number of anilines is 1. The number of rotatable bonds is 0. The summed E-state index contributed by atoms with van der Waals surface area (Å²) in [5, 5.41) is 3.22. The van der Waals surface area contributed by atoms with E-state index >= 15 is 0 Å². The van der Waals surface area contributed by atoms with Gasteiger partial charge in [0.2, 0.25) is 0 Å². The average Bonchev–Trinajstić information content (AvgIpc) is 2.33. The Morgan fingerprint density at radius 1 is 1.50 bits per heavy atom. The van der Waals surface area contributed by atoms with Crippen LogP contribution in [0, 0.1) is 0 Å². The normalized spacial score (nSPS) is 15.5. The summed E-state index contributed by atoms with van der Waals surface area (Å²) in [4.78, 5) is 3.10. The van der Waals surface area contributed by atoms with Crippen molar-refractivity contribution in [2.75, 3.05) is 11.9 Å². The molecule has 0 saturated heterocycles. The zero-order chi connectivity index (χ0) is 6.97. The van der Waals surface area contributed by atoms with Gasteiger partial charge < -0.3 is 10.3 Å². The van der Waals surface area contributed by atoms with E-state index in [1.807, 2.05) is 12.3 Å². The molecule has 0 spiro atoms. The van der Waals surface area contributed by atoms with Crippen LogP contribution >= 0.6 is 15.9 Å². The summed E-state index contributed by atoms with van der Waals surface area (Å²) in [6.45, 7) is 0.882. The van der Waals surface area contributed by atoms with Crippen molar-refractivity contribution in [2.45, 2.75) is 0 Å². The van der Waals surface area contributed by atoms with E-state index in [9.17, 15) is 0 Å². The van der Waals surface area contributed by atoms with Crippen LogP contribution in [0.15, 0.2) is 16.7 Å². The monoisotopic (exact) mass is 198 g/mol. The van der Waals surface area contributed by atoms with E-state index in [0.717, 1.165) is 12.4 Å².